The van der Waals surface area contributed by atoms with E-state index in [2.05, 4.69) is 82.5 Å². The van der Waals surface area contributed by atoms with E-state index in [1.54, 1.807) is 0 Å². The van der Waals surface area contributed by atoms with Crippen molar-refractivity contribution in [1.82, 2.24) is 4.90 Å². The second kappa shape index (κ2) is 8.78. The molecule has 23 heavy (non-hydrogen) atoms. The SMILES string of the molecule is CC(Cc1ccc(C(C)(C)C)cc1)CN1CC(C)SC(C)C1.Cl. The molecular weight excluding hydrogens is 322 g/mol. The third kappa shape index (κ3) is 6.68. The van der Waals surface area contributed by atoms with E-state index >= 15 is 0 Å². The van der Waals surface area contributed by atoms with Gasteiger partial charge in [0, 0.05) is 30.1 Å². The van der Waals surface area contributed by atoms with Crippen molar-refractivity contribution in [2.75, 3.05) is 19.6 Å². The van der Waals surface area contributed by atoms with Crippen LogP contribution >= 0.6 is 24.2 Å². The van der Waals surface area contributed by atoms with Crippen LogP contribution in [0, 0.1) is 5.92 Å². The molecule has 1 nitrogen and oxygen atoms in total. The molecule has 1 aliphatic rings. The van der Waals surface area contributed by atoms with Gasteiger partial charge in [-0.2, -0.15) is 11.8 Å². The number of hydrogen-bond donors (Lipinski definition) is 0. The Balaban J connectivity index is 0.00000264. The van der Waals surface area contributed by atoms with Crippen LogP contribution < -0.4 is 0 Å². The molecule has 1 fully saturated rings. The Morgan fingerprint density at radius 2 is 1.61 bits per heavy atom. The molecule has 3 atom stereocenters. The Labute approximate surface area is 154 Å². The molecule has 3 unspecified atom stereocenters. The van der Waals surface area contributed by atoms with Crippen LogP contribution in [0.4, 0.5) is 0 Å². The summed E-state index contributed by atoms with van der Waals surface area (Å²) in [7, 11) is 0. The molecule has 0 bridgehead atoms. The number of nitrogens with zero attached hydrogens (tertiary/aromatic N) is 1. The highest BCUT2D eigenvalue weighted by molar-refractivity contribution is 8.00. The van der Waals surface area contributed by atoms with Gasteiger partial charge in [0.05, 0.1) is 0 Å². The summed E-state index contributed by atoms with van der Waals surface area (Å²) in [5.74, 6) is 0.725. The molecule has 0 amide bonds. The van der Waals surface area contributed by atoms with Gasteiger partial charge in [0.15, 0.2) is 0 Å². The van der Waals surface area contributed by atoms with Crippen LogP contribution in [0.5, 0.6) is 0 Å². The second-order valence-corrected chi connectivity index (χ2v) is 10.1. The van der Waals surface area contributed by atoms with E-state index in [1.165, 1.54) is 37.2 Å². The molecule has 0 aromatic heterocycles. The third-order valence-electron chi connectivity index (χ3n) is 4.47. The minimum atomic E-state index is 0. The van der Waals surface area contributed by atoms with Gasteiger partial charge < -0.3 is 4.90 Å². The average Bonchev–Trinajstić information content (AvgIpc) is 2.36. The molecule has 3 heteroatoms. The van der Waals surface area contributed by atoms with Crippen molar-refractivity contribution in [3.8, 4) is 0 Å². The topological polar surface area (TPSA) is 3.24 Å². The first-order valence-electron chi connectivity index (χ1n) is 8.71. The Morgan fingerprint density at radius 3 is 2.09 bits per heavy atom. The number of halogens is 1. The van der Waals surface area contributed by atoms with Crippen LogP contribution in [0.1, 0.15) is 52.7 Å². The summed E-state index contributed by atoms with van der Waals surface area (Å²) in [5, 5.41) is 1.56. The van der Waals surface area contributed by atoms with Crippen molar-refractivity contribution in [2.24, 2.45) is 5.92 Å². The van der Waals surface area contributed by atoms with Gasteiger partial charge in [-0.15, -0.1) is 12.4 Å². The predicted molar refractivity (Wildman–Crippen MR) is 108 cm³/mol. The fraction of sp³-hybridized carbons (Fsp3) is 0.700. The van der Waals surface area contributed by atoms with Gasteiger partial charge in [-0.1, -0.05) is 65.8 Å². The fourth-order valence-corrected chi connectivity index (χ4v) is 4.87. The lowest BCUT2D eigenvalue weighted by Gasteiger charge is -2.36. The zero-order chi connectivity index (χ0) is 16.3. The number of hydrogen-bond acceptors (Lipinski definition) is 2. The number of rotatable bonds is 4. The van der Waals surface area contributed by atoms with E-state index in [0.717, 1.165) is 16.4 Å². The number of benzene rings is 1. The molecule has 1 aromatic carbocycles. The molecule has 2 rings (SSSR count). The van der Waals surface area contributed by atoms with E-state index in [0.29, 0.717) is 0 Å². The van der Waals surface area contributed by atoms with E-state index in [9.17, 15) is 0 Å². The Morgan fingerprint density at radius 1 is 1.09 bits per heavy atom. The van der Waals surface area contributed by atoms with Crippen LogP contribution in [0.25, 0.3) is 0 Å². The molecular formula is C20H34ClNS. The first-order valence-corrected chi connectivity index (χ1v) is 9.65. The minimum absolute atomic E-state index is 0. The lowest BCUT2D eigenvalue weighted by molar-refractivity contribution is 0.234. The van der Waals surface area contributed by atoms with E-state index in [1.807, 2.05) is 0 Å². The summed E-state index contributed by atoms with van der Waals surface area (Å²) in [5.41, 5.74) is 3.16. The summed E-state index contributed by atoms with van der Waals surface area (Å²) in [6.45, 7) is 17.7. The van der Waals surface area contributed by atoms with Crippen molar-refractivity contribution in [3.63, 3.8) is 0 Å². The van der Waals surface area contributed by atoms with Crippen LogP contribution in [0.15, 0.2) is 24.3 Å². The Bertz CT molecular complexity index is 456. The Kier molecular flexibility index (Phi) is 7.97. The molecule has 0 saturated carbocycles. The number of thioether (sulfide) groups is 1. The van der Waals surface area contributed by atoms with Crippen molar-refractivity contribution < 1.29 is 0 Å². The lowest BCUT2D eigenvalue weighted by atomic mass is 9.86. The van der Waals surface area contributed by atoms with E-state index < -0.39 is 0 Å². The summed E-state index contributed by atoms with van der Waals surface area (Å²) >= 11 is 2.14. The molecule has 1 aliphatic heterocycles. The smallest absolute Gasteiger partial charge is 0.0149 e. The van der Waals surface area contributed by atoms with E-state index in [4.69, 9.17) is 0 Å². The third-order valence-corrected chi connectivity index (χ3v) is 5.70. The molecule has 1 aromatic rings. The standard InChI is InChI=1S/C20H33NS.ClH/c1-15(12-21-13-16(2)22-17(3)14-21)11-18-7-9-19(10-8-18)20(4,5)6;/h7-10,15-17H,11-14H2,1-6H3;1H. The average molecular weight is 356 g/mol. The maximum Gasteiger partial charge on any atom is 0.0149 e. The monoisotopic (exact) mass is 355 g/mol. The quantitative estimate of drug-likeness (QED) is 0.710. The highest BCUT2D eigenvalue weighted by Gasteiger charge is 2.23. The maximum atomic E-state index is 2.67. The van der Waals surface area contributed by atoms with Gasteiger partial charge in [0.1, 0.15) is 0 Å². The molecule has 132 valence electrons. The first-order chi connectivity index (χ1) is 10.2. The largest absolute Gasteiger partial charge is 0.301 e. The first kappa shape index (κ1) is 20.9. The highest BCUT2D eigenvalue weighted by atomic mass is 35.5. The summed E-state index contributed by atoms with van der Waals surface area (Å²) in [4.78, 5) is 2.67. The van der Waals surface area contributed by atoms with Crippen LogP contribution in [-0.4, -0.2) is 35.0 Å². The van der Waals surface area contributed by atoms with Gasteiger partial charge >= 0.3 is 0 Å². The molecule has 1 saturated heterocycles. The van der Waals surface area contributed by atoms with Crippen molar-refractivity contribution >= 4 is 24.2 Å². The fourth-order valence-electron chi connectivity index (χ4n) is 3.48. The molecule has 0 N–H and O–H groups in total. The summed E-state index contributed by atoms with van der Waals surface area (Å²) < 4.78 is 0. The second-order valence-electron chi connectivity index (χ2n) is 8.23. The van der Waals surface area contributed by atoms with Crippen LogP contribution in [-0.2, 0) is 11.8 Å². The van der Waals surface area contributed by atoms with E-state index in [-0.39, 0.29) is 17.8 Å². The summed E-state index contributed by atoms with van der Waals surface area (Å²) in [6.07, 6.45) is 1.19. The molecule has 0 spiro atoms. The van der Waals surface area contributed by atoms with Crippen molar-refractivity contribution in [2.45, 2.75) is 63.9 Å². The zero-order valence-corrected chi connectivity index (χ0v) is 17.3. The molecule has 0 aliphatic carbocycles. The minimum Gasteiger partial charge on any atom is -0.301 e. The van der Waals surface area contributed by atoms with Gasteiger partial charge in [-0.25, -0.2) is 0 Å². The van der Waals surface area contributed by atoms with Crippen molar-refractivity contribution in [1.29, 1.82) is 0 Å². The van der Waals surface area contributed by atoms with Gasteiger partial charge in [0.2, 0.25) is 0 Å². The van der Waals surface area contributed by atoms with Crippen molar-refractivity contribution in [3.05, 3.63) is 35.4 Å². The zero-order valence-electron chi connectivity index (χ0n) is 15.6. The molecule has 1 heterocycles. The maximum absolute atomic E-state index is 2.67. The predicted octanol–water partition coefficient (Wildman–Crippen LogP) is 5.41. The van der Waals surface area contributed by atoms with Crippen LogP contribution in [0.3, 0.4) is 0 Å². The van der Waals surface area contributed by atoms with Gasteiger partial charge in [0.25, 0.3) is 0 Å². The highest BCUT2D eigenvalue weighted by Crippen LogP contribution is 2.26. The van der Waals surface area contributed by atoms with Crippen LogP contribution in [0.2, 0.25) is 0 Å². The van der Waals surface area contributed by atoms with Gasteiger partial charge in [-0.3, -0.25) is 0 Å². The normalized spacial score (nSPS) is 24.1. The summed E-state index contributed by atoms with van der Waals surface area (Å²) in [6, 6.07) is 9.27. The Hall–Kier alpha value is -0.180. The molecule has 0 radical (unpaired) electrons. The lowest BCUT2D eigenvalue weighted by Crippen LogP contribution is -2.42. The van der Waals surface area contributed by atoms with Gasteiger partial charge in [-0.05, 0) is 28.9 Å².